The Kier molecular flexibility index (Phi) is 5.03. The first-order valence-electron chi connectivity index (χ1n) is 5.36. The molecule has 1 unspecified atom stereocenters. The Morgan fingerprint density at radius 3 is 2.67 bits per heavy atom. The van der Waals surface area contributed by atoms with Gasteiger partial charge in [0.05, 0.1) is 31.8 Å². The quantitative estimate of drug-likeness (QED) is 0.822. The summed E-state index contributed by atoms with van der Waals surface area (Å²) >= 11 is 0. The van der Waals surface area contributed by atoms with E-state index >= 15 is 0 Å². The molecule has 0 aromatic heterocycles. The number of ether oxygens (including phenoxy) is 2. The van der Waals surface area contributed by atoms with Crippen LogP contribution in [0.15, 0.2) is 12.1 Å². The Hall–Kier alpha value is -1.69. The minimum atomic E-state index is -1.52. The maximum Gasteiger partial charge on any atom is 0.308 e. The fourth-order valence-electron chi connectivity index (χ4n) is 1.52. The lowest BCUT2D eigenvalue weighted by atomic mass is 10.0. The summed E-state index contributed by atoms with van der Waals surface area (Å²) in [4.78, 5) is 11.2. The average molecular weight is 260 g/mol. The van der Waals surface area contributed by atoms with E-state index in [1.54, 1.807) is 6.92 Å². The van der Waals surface area contributed by atoms with Crippen LogP contribution in [-0.4, -0.2) is 24.8 Å². The molecule has 0 heterocycles. The molecule has 0 radical (unpaired) electrons. The van der Waals surface area contributed by atoms with E-state index in [0.717, 1.165) is 6.07 Å². The Bertz CT molecular complexity index is 434. The molecule has 1 N–H and O–H groups in total. The molecule has 1 atom stereocenters. The summed E-state index contributed by atoms with van der Waals surface area (Å²) in [5, 5.41) is 9.75. The second kappa shape index (κ2) is 6.30. The number of methoxy groups -OCH3 is 1. The number of aliphatic hydroxyl groups is 1. The summed E-state index contributed by atoms with van der Waals surface area (Å²) in [6.45, 7) is 1.75. The summed E-state index contributed by atoms with van der Waals surface area (Å²) in [6.07, 6.45) is -1.99. The van der Waals surface area contributed by atoms with Crippen LogP contribution in [0.2, 0.25) is 0 Å². The van der Waals surface area contributed by atoms with Gasteiger partial charge >= 0.3 is 5.97 Å². The van der Waals surface area contributed by atoms with Gasteiger partial charge in [0.2, 0.25) is 0 Å². The van der Waals surface area contributed by atoms with E-state index in [-0.39, 0.29) is 17.9 Å². The number of hydrogen-bond acceptors (Lipinski definition) is 4. The van der Waals surface area contributed by atoms with Crippen LogP contribution in [0.25, 0.3) is 0 Å². The zero-order valence-corrected chi connectivity index (χ0v) is 10.1. The Morgan fingerprint density at radius 1 is 1.44 bits per heavy atom. The van der Waals surface area contributed by atoms with Gasteiger partial charge in [0.25, 0.3) is 0 Å². The topological polar surface area (TPSA) is 55.8 Å². The van der Waals surface area contributed by atoms with E-state index in [1.165, 1.54) is 13.2 Å². The van der Waals surface area contributed by atoms with Crippen molar-refractivity contribution in [1.82, 2.24) is 0 Å². The fourth-order valence-corrected chi connectivity index (χ4v) is 1.52. The van der Waals surface area contributed by atoms with Crippen LogP contribution >= 0.6 is 0 Å². The minimum absolute atomic E-state index is 0.0225. The molecule has 0 bridgehead atoms. The van der Waals surface area contributed by atoms with Crippen LogP contribution in [0, 0.1) is 11.6 Å². The minimum Gasteiger partial charge on any atom is -0.496 e. The number of carbonyl (C=O) groups is 1. The monoisotopic (exact) mass is 260 g/mol. The van der Waals surface area contributed by atoms with Crippen molar-refractivity contribution in [3.05, 3.63) is 29.3 Å². The Balaban J connectivity index is 3.00. The van der Waals surface area contributed by atoms with Gasteiger partial charge in [-0.2, -0.15) is 0 Å². The SMILES string of the molecule is CCOC(=O)CC(O)c1c(OC)ccc(F)c1F. The van der Waals surface area contributed by atoms with Crippen LogP contribution in [-0.2, 0) is 9.53 Å². The van der Waals surface area contributed by atoms with Gasteiger partial charge in [-0.25, -0.2) is 8.78 Å². The van der Waals surface area contributed by atoms with Crippen LogP contribution in [0.3, 0.4) is 0 Å². The molecule has 0 saturated heterocycles. The van der Waals surface area contributed by atoms with Gasteiger partial charge in [-0.05, 0) is 19.1 Å². The van der Waals surface area contributed by atoms with Crippen molar-refractivity contribution in [2.45, 2.75) is 19.4 Å². The molecule has 1 rings (SSSR count). The van der Waals surface area contributed by atoms with Gasteiger partial charge in [0.15, 0.2) is 11.6 Å². The number of carbonyl (C=O) groups excluding carboxylic acids is 1. The maximum absolute atomic E-state index is 13.6. The molecule has 0 saturated carbocycles. The lowest BCUT2D eigenvalue weighted by Gasteiger charge is -2.15. The fraction of sp³-hybridized carbons (Fsp3) is 0.417. The van der Waals surface area contributed by atoms with Crippen molar-refractivity contribution in [3.8, 4) is 5.75 Å². The van der Waals surface area contributed by atoms with Crippen molar-refractivity contribution in [1.29, 1.82) is 0 Å². The van der Waals surface area contributed by atoms with Crippen LogP contribution in [0.1, 0.15) is 25.0 Å². The third-order valence-corrected chi connectivity index (χ3v) is 2.31. The highest BCUT2D eigenvalue weighted by molar-refractivity contribution is 5.70. The Morgan fingerprint density at radius 2 is 2.11 bits per heavy atom. The predicted molar refractivity (Wildman–Crippen MR) is 59.1 cm³/mol. The third-order valence-electron chi connectivity index (χ3n) is 2.31. The summed E-state index contributed by atoms with van der Waals surface area (Å²) in [6, 6.07) is 2.07. The molecule has 0 aliphatic carbocycles. The van der Waals surface area contributed by atoms with Crippen molar-refractivity contribution >= 4 is 5.97 Å². The highest BCUT2D eigenvalue weighted by Crippen LogP contribution is 2.31. The summed E-state index contributed by atoms with van der Waals surface area (Å²) in [5.41, 5.74) is -0.384. The molecule has 0 spiro atoms. The maximum atomic E-state index is 13.6. The normalized spacial score (nSPS) is 12.1. The number of rotatable bonds is 5. The molecule has 0 aliphatic heterocycles. The van der Waals surface area contributed by atoms with Gasteiger partial charge in [-0.3, -0.25) is 4.79 Å². The van der Waals surface area contributed by atoms with Gasteiger partial charge in [0, 0.05) is 0 Å². The van der Waals surface area contributed by atoms with Crippen molar-refractivity contribution in [2.24, 2.45) is 0 Å². The smallest absolute Gasteiger partial charge is 0.308 e. The zero-order chi connectivity index (χ0) is 13.7. The number of hydrogen-bond donors (Lipinski definition) is 1. The number of benzene rings is 1. The van der Waals surface area contributed by atoms with Crippen molar-refractivity contribution in [3.63, 3.8) is 0 Å². The summed E-state index contributed by atoms with van der Waals surface area (Å²) in [7, 11) is 1.26. The van der Waals surface area contributed by atoms with Gasteiger partial charge < -0.3 is 14.6 Å². The molecule has 1 aromatic carbocycles. The van der Waals surface area contributed by atoms with Crippen LogP contribution in [0.5, 0.6) is 5.75 Å². The molecule has 100 valence electrons. The molecule has 0 fully saturated rings. The second-order valence-electron chi connectivity index (χ2n) is 3.50. The Labute approximate surface area is 103 Å². The van der Waals surface area contributed by atoms with E-state index in [0.29, 0.717) is 0 Å². The van der Waals surface area contributed by atoms with Gasteiger partial charge in [0.1, 0.15) is 5.75 Å². The molecule has 1 aromatic rings. The highest BCUT2D eigenvalue weighted by atomic mass is 19.2. The summed E-state index contributed by atoms with van der Waals surface area (Å²) in [5.74, 6) is -3.07. The molecule has 0 aliphatic rings. The molecule has 18 heavy (non-hydrogen) atoms. The number of halogens is 2. The van der Waals surface area contributed by atoms with E-state index < -0.39 is 30.1 Å². The molecular formula is C12H14F2O4. The first-order chi connectivity index (χ1) is 8.51. The van der Waals surface area contributed by atoms with Gasteiger partial charge in [-0.15, -0.1) is 0 Å². The molecule has 4 nitrogen and oxygen atoms in total. The predicted octanol–water partition coefficient (Wildman–Crippen LogP) is 1.96. The lowest BCUT2D eigenvalue weighted by Crippen LogP contribution is -2.13. The molecular weight excluding hydrogens is 246 g/mol. The van der Waals surface area contributed by atoms with Crippen LogP contribution < -0.4 is 4.74 Å². The largest absolute Gasteiger partial charge is 0.496 e. The first kappa shape index (κ1) is 14.4. The van der Waals surface area contributed by atoms with Gasteiger partial charge in [-0.1, -0.05) is 0 Å². The van der Waals surface area contributed by atoms with E-state index in [1.807, 2.05) is 0 Å². The standard InChI is InChI=1S/C12H14F2O4/c1-3-18-10(16)6-8(15)11-9(17-2)5-4-7(13)12(11)14/h4-5,8,15H,3,6H2,1-2H3. The second-order valence-corrected chi connectivity index (χ2v) is 3.50. The van der Waals surface area contributed by atoms with Crippen molar-refractivity contribution in [2.75, 3.05) is 13.7 Å². The number of aliphatic hydroxyl groups excluding tert-OH is 1. The third kappa shape index (κ3) is 3.16. The highest BCUT2D eigenvalue weighted by Gasteiger charge is 2.24. The van der Waals surface area contributed by atoms with Crippen LogP contribution in [0.4, 0.5) is 8.78 Å². The van der Waals surface area contributed by atoms with Crippen molar-refractivity contribution < 1.29 is 28.2 Å². The summed E-state index contributed by atoms with van der Waals surface area (Å²) < 4.78 is 36.1. The first-order valence-corrected chi connectivity index (χ1v) is 5.36. The van der Waals surface area contributed by atoms with E-state index in [9.17, 15) is 18.7 Å². The molecule has 0 amide bonds. The zero-order valence-electron chi connectivity index (χ0n) is 10.1. The number of esters is 1. The van der Waals surface area contributed by atoms with E-state index in [4.69, 9.17) is 4.74 Å². The average Bonchev–Trinajstić information content (AvgIpc) is 2.32. The lowest BCUT2D eigenvalue weighted by molar-refractivity contribution is -0.145. The molecule has 6 heteroatoms. The van der Waals surface area contributed by atoms with E-state index in [2.05, 4.69) is 4.74 Å².